The van der Waals surface area contributed by atoms with Gasteiger partial charge in [-0.05, 0) is 67.6 Å². The largest absolute Gasteiger partial charge is 0.325 e. The van der Waals surface area contributed by atoms with E-state index in [1.54, 1.807) is 12.1 Å². The molecule has 0 aliphatic heterocycles. The highest BCUT2D eigenvalue weighted by atomic mass is 32.2. The van der Waals surface area contributed by atoms with Crippen molar-refractivity contribution in [2.75, 3.05) is 16.2 Å². The van der Waals surface area contributed by atoms with E-state index in [1.165, 1.54) is 48.5 Å². The predicted molar refractivity (Wildman–Crippen MR) is 107 cm³/mol. The van der Waals surface area contributed by atoms with Crippen LogP contribution in [-0.2, 0) is 14.8 Å². The SMILES string of the molecule is Cc1ccc(S(=O)(=O)N(CC(=O)Nc2ccc(F)cc2)c2ccc(F)cc2)cc1. The van der Waals surface area contributed by atoms with E-state index in [1.807, 2.05) is 6.92 Å². The molecular formula is C21H18F2N2O3S. The van der Waals surface area contributed by atoms with Gasteiger partial charge in [0.1, 0.15) is 18.2 Å². The molecule has 0 aromatic heterocycles. The molecule has 0 radical (unpaired) electrons. The lowest BCUT2D eigenvalue weighted by atomic mass is 10.2. The number of sulfonamides is 1. The molecule has 5 nitrogen and oxygen atoms in total. The zero-order valence-corrected chi connectivity index (χ0v) is 16.3. The third kappa shape index (κ3) is 4.97. The number of nitrogens with zero attached hydrogens (tertiary/aromatic N) is 1. The highest BCUT2D eigenvalue weighted by Gasteiger charge is 2.27. The van der Waals surface area contributed by atoms with E-state index in [4.69, 9.17) is 0 Å². The normalized spacial score (nSPS) is 11.1. The number of benzene rings is 3. The van der Waals surface area contributed by atoms with Crippen LogP contribution in [0.2, 0.25) is 0 Å². The first kappa shape index (κ1) is 20.5. The number of anilines is 2. The van der Waals surface area contributed by atoms with Gasteiger partial charge in [0.25, 0.3) is 10.0 Å². The lowest BCUT2D eigenvalue weighted by Gasteiger charge is -2.24. The molecule has 1 amide bonds. The van der Waals surface area contributed by atoms with Crippen LogP contribution in [0.4, 0.5) is 20.2 Å². The highest BCUT2D eigenvalue weighted by Crippen LogP contribution is 2.24. The van der Waals surface area contributed by atoms with Crippen LogP contribution in [0.25, 0.3) is 0 Å². The summed E-state index contributed by atoms with van der Waals surface area (Å²) in [7, 11) is -4.09. The smallest absolute Gasteiger partial charge is 0.264 e. The summed E-state index contributed by atoms with van der Waals surface area (Å²) in [5.41, 5.74) is 1.34. The number of carbonyl (C=O) groups excluding carboxylic acids is 1. The molecule has 0 atom stereocenters. The monoisotopic (exact) mass is 416 g/mol. The Hall–Kier alpha value is -3.26. The molecule has 0 aliphatic carbocycles. The second kappa shape index (κ2) is 8.40. The van der Waals surface area contributed by atoms with E-state index in [0.29, 0.717) is 5.69 Å². The fourth-order valence-electron chi connectivity index (χ4n) is 2.62. The molecular weight excluding hydrogens is 398 g/mol. The molecule has 3 aromatic rings. The van der Waals surface area contributed by atoms with Gasteiger partial charge in [0.2, 0.25) is 5.91 Å². The third-order valence-electron chi connectivity index (χ3n) is 4.14. The summed E-state index contributed by atoms with van der Waals surface area (Å²) in [5.74, 6) is -1.62. The van der Waals surface area contributed by atoms with Gasteiger partial charge < -0.3 is 5.32 Å². The van der Waals surface area contributed by atoms with Crippen LogP contribution in [0.3, 0.4) is 0 Å². The number of hydrogen-bond acceptors (Lipinski definition) is 3. The number of amides is 1. The Morgan fingerprint density at radius 3 is 1.93 bits per heavy atom. The standard InChI is InChI=1S/C21H18F2N2O3S/c1-15-2-12-20(13-3-15)29(27,28)25(19-10-6-17(23)7-11-19)14-21(26)24-18-8-4-16(22)5-9-18/h2-13H,14H2,1H3,(H,24,26). The molecule has 3 rings (SSSR count). The minimum Gasteiger partial charge on any atom is -0.325 e. The maximum Gasteiger partial charge on any atom is 0.264 e. The second-order valence-corrected chi connectivity index (χ2v) is 8.22. The molecule has 0 unspecified atom stereocenters. The van der Waals surface area contributed by atoms with Crippen molar-refractivity contribution >= 4 is 27.3 Å². The van der Waals surface area contributed by atoms with E-state index in [-0.39, 0.29) is 10.6 Å². The molecule has 1 N–H and O–H groups in total. The van der Waals surface area contributed by atoms with Crippen molar-refractivity contribution in [1.29, 1.82) is 0 Å². The maximum absolute atomic E-state index is 13.3. The van der Waals surface area contributed by atoms with Gasteiger partial charge in [0.05, 0.1) is 10.6 Å². The molecule has 150 valence electrons. The number of aryl methyl sites for hydroxylation is 1. The molecule has 8 heteroatoms. The minimum atomic E-state index is -4.09. The fourth-order valence-corrected chi connectivity index (χ4v) is 4.05. The van der Waals surface area contributed by atoms with Crippen LogP contribution in [0.15, 0.2) is 77.7 Å². The summed E-state index contributed by atoms with van der Waals surface area (Å²) >= 11 is 0. The molecule has 3 aromatic carbocycles. The summed E-state index contributed by atoms with van der Waals surface area (Å²) in [6.07, 6.45) is 0. The van der Waals surface area contributed by atoms with Crippen LogP contribution >= 0.6 is 0 Å². The van der Waals surface area contributed by atoms with Crippen molar-refractivity contribution < 1.29 is 22.0 Å². The fraction of sp³-hybridized carbons (Fsp3) is 0.0952. The predicted octanol–water partition coefficient (Wildman–Crippen LogP) is 4.11. The van der Waals surface area contributed by atoms with Crippen molar-refractivity contribution in [1.82, 2.24) is 0 Å². The number of halogens is 2. The quantitative estimate of drug-likeness (QED) is 0.658. The van der Waals surface area contributed by atoms with Crippen molar-refractivity contribution in [2.45, 2.75) is 11.8 Å². The van der Waals surface area contributed by atoms with Crippen molar-refractivity contribution in [3.05, 3.63) is 90.0 Å². The Kier molecular flexibility index (Phi) is 5.93. The van der Waals surface area contributed by atoms with Crippen LogP contribution in [0, 0.1) is 18.6 Å². The lowest BCUT2D eigenvalue weighted by Crippen LogP contribution is -2.38. The number of rotatable bonds is 6. The first-order valence-electron chi connectivity index (χ1n) is 8.66. The molecule has 0 spiro atoms. The number of hydrogen-bond donors (Lipinski definition) is 1. The van der Waals surface area contributed by atoms with Crippen LogP contribution in [-0.4, -0.2) is 20.9 Å². The molecule has 0 aliphatic rings. The average molecular weight is 416 g/mol. The molecule has 0 saturated carbocycles. The second-order valence-electron chi connectivity index (χ2n) is 6.36. The summed E-state index contributed by atoms with van der Waals surface area (Å²) in [6.45, 7) is 1.28. The Labute approximate surface area is 167 Å². The van der Waals surface area contributed by atoms with Gasteiger partial charge in [-0.25, -0.2) is 17.2 Å². The van der Waals surface area contributed by atoms with E-state index >= 15 is 0 Å². The van der Waals surface area contributed by atoms with Crippen LogP contribution in [0.1, 0.15) is 5.56 Å². The van der Waals surface area contributed by atoms with Crippen molar-refractivity contribution in [2.24, 2.45) is 0 Å². The first-order valence-corrected chi connectivity index (χ1v) is 10.1. The van der Waals surface area contributed by atoms with Gasteiger partial charge >= 0.3 is 0 Å². The molecule has 0 heterocycles. The van der Waals surface area contributed by atoms with Gasteiger partial charge in [0.15, 0.2) is 0 Å². The topological polar surface area (TPSA) is 66.5 Å². The lowest BCUT2D eigenvalue weighted by molar-refractivity contribution is -0.114. The van der Waals surface area contributed by atoms with Crippen LogP contribution < -0.4 is 9.62 Å². The molecule has 0 bridgehead atoms. The summed E-state index contributed by atoms with van der Waals surface area (Å²) in [4.78, 5) is 12.5. The van der Waals surface area contributed by atoms with Crippen LogP contribution in [0.5, 0.6) is 0 Å². The first-order chi connectivity index (χ1) is 13.8. The van der Waals surface area contributed by atoms with E-state index in [9.17, 15) is 22.0 Å². The molecule has 29 heavy (non-hydrogen) atoms. The number of nitrogens with one attached hydrogen (secondary N) is 1. The van der Waals surface area contributed by atoms with Gasteiger partial charge in [-0.15, -0.1) is 0 Å². The van der Waals surface area contributed by atoms with Crippen molar-refractivity contribution in [3.63, 3.8) is 0 Å². The highest BCUT2D eigenvalue weighted by molar-refractivity contribution is 7.92. The van der Waals surface area contributed by atoms with Gasteiger partial charge in [0, 0.05) is 5.69 Å². The minimum absolute atomic E-state index is 0.00186. The average Bonchev–Trinajstić information content (AvgIpc) is 2.69. The zero-order valence-electron chi connectivity index (χ0n) is 15.5. The Balaban J connectivity index is 1.92. The Bertz CT molecular complexity index is 1100. The van der Waals surface area contributed by atoms with Crippen molar-refractivity contribution in [3.8, 4) is 0 Å². The van der Waals surface area contributed by atoms with E-state index < -0.39 is 34.1 Å². The maximum atomic E-state index is 13.3. The molecule has 0 fully saturated rings. The molecule has 0 saturated heterocycles. The summed E-state index contributed by atoms with van der Waals surface area (Å²) in [6, 6.07) is 16.1. The van der Waals surface area contributed by atoms with Gasteiger partial charge in [-0.3, -0.25) is 9.10 Å². The van der Waals surface area contributed by atoms with E-state index in [0.717, 1.165) is 22.0 Å². The van der Waals surface area contributed by atoms with Gasteiger partial charge in [-0.1, -0.05) is 17.7 Å². The summed E-state index contributed by atoms with van der Waals surface area (Å²) < 4.78 is 53.6. The summed E-state index contributed by atoms with van der Waals surface area (Å²) in [5, 5.41) is 2.53. The Morgan fingerprint density at radius 2 is 1.38 bits per heavy atom. The Morgan fingerprint density at radius 1 is 0.862 bits per heavy atom. The van der Waals surface area contributed by atoms with E-state index in [2.05, 4.69) is 5.32 Å². The van der Waals surface area contributed by atoms with Gasteiger partial charge in [-0.2, -0.15) is 0 Å². The third-order valence-corrected chi connectivity index (χ3v) is 5.93. The number of carbonyl (C=O) groups is 1. The zero-order chi connectivity index (χ0) is 21.0.